The minimum Gasteiger partial charge on any atom is -0.383 e. The number of hydrogen-bond donors (Lipinski definition) is 1. The van der Waals surface area contributed by atoms with Gasteiger partial charge in [-0.2, -0.15) is 5.10 Å². The van der Waals surface area contributed by atoms with Gasteiger partial charge < -0.3 is 10.0 Å². The number of carbonyl (C=O) groups excluding carboxylic acids is 1. The molecule has 1 N–H and O–H groups in total. The van der Waals surface area contributed by atoms with E-state index in [1.54, 1.807) is 10.9 Å². The van der Waals surface area contributed by atoms with Crippen LogP contribution in [0.4, 0.5) is 0 Å². The molecule has 26 heavy (non-hydrogen) atoms. The van der Waals surface area contributed by atoms with Gasteiger partial charge in [0.25, 0.3) is 0 Å². The first-order valence-corrected chi connectivity index (χ1v) is 9.30. The molecule has 6 heteroatoms. The maximum Gasteiger partial charge on any atom is 0.244 e. The van der Waals surface area contributed by atoms with Gasteiger partial charge in [-0.1, -0.05) is 13.0 Å². The monoisotopic (exact) mass is 356 g/mol. The molecule has 0 unspecified atom stereocenters. The van der Waals surface area contributed by atoms with Gasteiger partial charge in [0, 0.05) is 25.0 Å². The van der Waals surface area contributed by atoms with Crippen LogP contribution < -0.4 is 0 Å². The van der Waals surface area contributed by atoms with Crippen molar-refractivity contribution in [2.45, 2.75) is 59.1 Å². The maximum atomic E-state index is 12.7. The average Bonchev–Trinajstić information content (AvgIpc) is 2.88. The average molecular weight is 356 g/mol. The number of likely N-dealkylation sites (tertiary alicyclic amines) is 1. The van der Waals surface area contributed by atoms with Crippen LogP contribution in [0.3, 0.4) is 0 Å². The fraction of sp³-hybridized carbons (Fsp3) is 0.550. The van der Waals surface area contributed by atoms with E-state index in [9.17, 15) is 9.90 Å². The fourth-order valence-electron chi connectivity index (χ4n) is 3.75. The van der Waals surface area contributed by atoms with Crippen molar-refractivity contribution >= 4 is 5.91 Å². The minimum absolute atomic E-state index is 0.0529. The Morgan fingerprint density at radius 1 is 1.23 bits per heavy atom. The summed E-state index contributed by atoms with van der Waals surface area (Å²) in [5.41, 5.74) is 4.10. The molecule has 0 radical (unpaired) electrons. The number of aryl methyl sites for hydroxylation is 2. The molecule has 1 saturated heterocycles. The van der Waals surface area contributed by atoms with Crippen LogP contribution in [0.1, 0.15) is 48.0 Å². The summed E-state index contributed by atoms with van der Waals surface area (Å²) in [6.45, 7) is 9.41. The van der Waals surface area contributed by atoms with Crippen molar-refractivity contribution in [3.8, 4) is 0 Å². The fourth-order valence-corrected chi connectivity index (χ4v) is 3.75. The van der Waals surface area contributed by atoms with E-state index in [1.807, 2.05) is 37.8 Å². The van der Waals surface area contributed by atoms with Crippen LogP contribution in [0, 0.1) is 20.8 Å². The molecule has 1 amide bonds. The first-order valence-electron chi connectivity index (χ1n) is 9.30. The van der Waals surface area contributed by atoms with Crippen LogP contribution in [-0.2, 0) is 23.4 Å². The Morgan fingerprint density at radius 2 is 1.92 bits per heavy atom. The van der Waals surface area contributed by atoms with Gasteiger partial charge in [0.05, 0.1) is 11.4 Å². The third-order valence-electron chi connectivity index (χ3n) is 5.50. The van der Waals surface area contributed by atoms with E-state index in [0.717, 1.165) is 23.4 Å². The third-order valence-corrected chi connectivity index (χ3v) is 5.50. The van der Waals surface area contributed by atoms with E-state index >= 15 is 0 Å². The van der Waals surface area contributed by atoms with E-state index in [-0.39, 0.29) is 12.5 Å². The molecule has 2 aromatic rings. The molecule has 0 saturated carbocycles. The summed E-state index contributed by atoms with van der Waals surface area (Å²) in [5, 5.41) is 15.4. The lowest BCUT2D eigenvalue weighted by atomic mass is 9.87. The molecular formula is C20H28N4O2. The normalized spacial score (nSPS) is 16.7. The van der Waals surface area contributed by atoms with Crippen molar-refractivity contribution in [2.24, 2.45) is 0 Å². The summed E-state index contributed by atoms with van der Waals surface area (Å²) in [5.74, 6) is 0.0529. The Bertz CT molecular complexity index is 787. The molecule has 0 atom stereocenters. The second-order valence-corrected chi connectivity index (χ2v) is 7.29. The smallest absolute Gasteiger partial charge is 0.244 e. The van der Waals surface area contributed by atoms with Crippen LogP contribution >= 0.6 is 0 Å². The van der Waals surface area contributed by atoms with Crippen molar-refractivity contribution < 1.29 is 9.90 Å². The zero-order valence-electron chi connectivity index (χ0n) is 16.1. The molecule has 0 bridgehead atoms. The van der Waals surface area contributed by atoms with Crippen molar-refractivity contribution in [3.05, 3.63) is 46.5 Å². The molecule has 0 spiro atoms. The number of pyridine rings is 1. The molecule has 1 aliphatic heterocycles. The lowest BCUT2D eigenvalue weighted by Gasteiger charge is -2.37. The second kappa shape index (κ2) is 7.19. The van der Waals surface area contributed by atoms with E-state index < -0.39 is 5.60 Å². The van der Waals surface area contributed by atoms with Gasteiger partial charge >= 0.3 is 0 Å². The SMILES string of the molecule is CCc1c(C)nn(CC(=O)N2CCC(O)(c3ccc(C)cn3)CC2)c1C. The molecule has 0 aromatic carbocycles. The van der Waals surface area contributed by atoms with E-state index in [1.165, 1.54) is 5.56 Å². The second-order valence-electron chi connectivity index (χ2n) is 7.29. The Kier molecular flexibility index (Phi) is 5.14. The van der Waals surface area contributed by atoms with Crippen molar-refractivity contribution in [2.75, 3.05) is 13.1 Å². The highest BCUT2D eigenvalue weighted by molar-refractivity contribution is 5.76. The number of piperidine rings is 1. The predicted octanol–water partition coefficient (Wildman–Crippen LogP) is 2.28. The third kappa shape index (κ3) is 3.51. The molecule has 140 valence electrons. The summed E-state index contributed by atoms with van der Waals surface area (Å²) < 4.78 is 1.80. The van der Waals surface area contributed by atoms with Crippen LogP contribution in [0.15, 0.2) is 18.3 Å². The van der Waals surface area contributed by atoms with Crippen LogP contribution in [0.2, 0.25) is 0 Å². The lowest BCUT2D eigenvalue weighted by molar-refractivity contribution is -0.136. The summed E-state index contributed by atoms with van der Waals surface area (Å²) in [4.78, 5) is 18.9. The summed E-state index contributed by atoms with van der Waals surface area (Å²) in [6, 6.07) is 3.85. The minimum atomic E-state index is -0.946. The van der Waals surface area contributed by atoms with E-state index in [2.05, 4.69) is 17.0 Å². The molecule has 3 heterocycles. The van der Waals surface area contributed by atoms with Crippen molar-refractivity contribution in [3.63, 3.8) is 0 Å². The summed E-state index contributed by atoms with van der Waals surface area (Å²) in [6.07, 6.45) is 3.71. The number of aromatic nitrogens is 3. The Balaban J connectivity index is 1.64. The first-order chi connectivity index (χ1) is 12.3. The van der Waals surface area contributed by atoms with Crippen LogP contribution in [0.5, 0.6) is 0 Å². The van der Waals surface area contributed by atoms with Gasteiger partial charge in [0.15, 0.2) is 0 Å². The zero-order chi connectivity index (χ0) is 18.9. The van der Waals surface area contributed by atoms with Gasteiger partial charge in [-0.05, 0) is 57.2 Å². The Morgan fingerprint density at radius 3 is 2.46 bits per heavy atom. The highest BCUT2D eigenvalue weighted by Crippen LogP contribution is 2.31. The number of rotatable bonds is 4. The van der Waals surface area contributed by atoms with Crippen LogP contribution in [-0.4, -0.2) is 43.8 Å². The predicted molar refractivity (Wildman–Crippen MR) is 99.8 cm³/mol. The van der Waals surface area contributed by atoms with E-state index in [4.69, 9.17) is 0 Å². The topological polar surface area (TPSA) is 71.2 Å². The number of aliphatic hydroxyl groups is 1. The van der Waals surface area contributed by atoms with Gasteiger partial charge in [0.1, 0.15) is 12.1 Å². The van der Waals surface area contributed by atoms with Crippen LogP contribution in [0.25, 0.3) is 0 Å². The Labute approximate surface area is 154 Å². The molecule has 6 nitrogen and oxygen atoms in total. The maximum absolute atomic E-state index is 12.7. The van der Waals surface area contributed by atoms with E-state index in [0.29, 0.717) is 31.6 Å². The lowest BCUT2D eigenvalue weighted by Crippen LogP contribution is -2.46. The number of nitrogens with zero attached hydrogens (tertiary/aromatic N) is 4. The molecule has 3 rings (SSSR count). The standard InChI is InChI=1S/C20H28N4O2/c1-5-17-15(3)22-24(16(17)4)13-19(25)23-10-8-20(26,9-11-23)18-7-6-14(2)12-21-18/h6-7,12,26H,5,8-11,13H2,1-4H3. The van der Waals surface area contributed by atoms with Gasteiger partial charge in [-0.25, -0.2) is 0 Å². The molecule has 1 fully saturated rings. The highest BCUT2D eigenvalue weighted by atomic mass is 16.3. The van der Waals surface area contributed by atoms with Crippen molar-refractivity contribution in [1.82, 2.24) is 19.7 Å². The quantitative estimate of drug-likeness (QED) is 0.912. The molecular weight excluding hydrogens is 328 g/mol. The molecule has 0 aliphatic carbocycles. The zero-order valence-corrected chi connectivity index (χ0v) is 16.1. The number of hydrogen-bond acceptors (Lipinski definition) is 4. The van der Waals surface area contributed by atoms with Gasteiger partial charge in [-0.3, -0.25) is 14.5 Å². The molecule has 1 aliphatic rings. The van der Waals surface area contributed by atoms with Gasteiger partial charge in [0.2, 0.25) is 5.91 Å². The summed E-state index contributed by atoms with van der Waals surface area (Å²) in [7, 11) is 0. The number of carbonyl (C=O) groups is 1. The number of amides is 1. The highest BCUT2D eigenvalue weighted by Gasteiger charge is 2.36. The Hall–Kier alpha value is -2.21. The van der Waals surface area contributed by atoms with Crippen molar-refractivity contribution in [1.29, 1.82) is 0 Å². The largest absolute Gasteiger partial charge is 0.383 e. The first kappa shape index (κ1) is 18.6. The summed E-state index contributed by atoms with van der Waals surface area (Å²) >= 11 is 0. The molecule has 2 aromatic heterocycles. The van der Waals surface area contributed by atoms with Gasteiger partial charge in [-0.15, -0.1) is 0 Å².